The molecule has 5 heteroatoms. The van der Waals surface area contributed by atoms with Crippen molar-refractivity contribution >= 4 is 17.8 Å². The molecule has 1 aliphatic heterocycles. The molecular formula is C10H13NO4. The maximum Gasteiger partial charge on any atom is 0.305 e. The van der Waals surface area contributed by atoms with Crippen molar-refractivity contribution in [1.82, 2.24) is 4.90 Å². The summed E-state index contributed by atoms with van der Waals surface area (Å²) in [4.78, 5) is 35.2. The number of carboxylic acid groups (broad SMARTS) is 1. The molecular weight excluding hydrogens is 198 g/mol. The molecule has 2 rings (SSSR count). The number of carbonyl (C=O) groups excluding carboxylic acids is 2. The molecule has 15 heavy (non-hydrogen) atoms. The Morgan fingerprint density at radius 2 is 1.87 bits per heavy atom. The maximum absolute atomic E-state index is 11.7. The van der Waals surface area contributed by atoms with E-state index in [1.54, 1.807) is 13.8 Å². The van der Waals surface area contributed by atoms with Gasteiger partial charge in [-0.1, -0.05) is 0 Å². The van der Waals surface area contributed by atoms with Crippen molar-refractivity contribution in [1.29, 1.82) is 0 Å². The smallest absolute Gasteiger partial charge is 0.305 e. The summed E-state index contributed by atoms with van der Waals surface area (Å²) in [6, 6.07) is 0. The molecule has 0 radical (unpaired) electrons. The van der Waals surface area contributed by atoms with Crippen LogP contribution in [0, 0.1) is 11.8 Å². The largest absolute Gasteiger partial charge is 0.481 e. The Bertz CT molecular complexity index is 340. The monoisotopic (exact) mass is 211 g/mol. The first-order valence-corrected chi connectivity index (χ1v) is 4.94. The van der Waals surface area contributed by atoms with E-state index in [-0.39, 0.29) is 30.1 Å². The second-order valence-corrected chi connectivity index (χ2v) is 4.84. The van der Waals surface area contributed by atoms with Gasteiger partial charge in [-0.3, -0.25) is 19.3 Å². The maximum atomic E-state index is 11.7. The van der Waals surface area contributed by atoms with Crippen LogP contribution in [0.2, 0.25) is 0 Å². The zero-order valence-corrected chi connectivity index (χ0v) is 8.69. The van der Waals surface area contributed by atoms with Crippen LogP contribution in [0.4, 0.5) is 0 Å². The molecule has 1 saturated carbocycles. The van der Waals surface area contributed by atoms with E-state index in [9.17, 15) is 14.4 Å². The van der Waals surface area contributed by atoms with Crippen molar-refractivity contribution in [2.45, 2.75) is 32.2 Å². The fourth-order valence-electron chi connectivity index (χ4n) is 2.23. The summed E-state index contributed by atoms with van der Waals surface area (Å²) in [6.07, 6.45) is 0.446. The van der Waals surface area contributed by atoms with Gasteiger partial charge in [-0.2, -0.15) is 0 Å². The van der Waals surface area contributed by atoms with Crippen molar-refractivity contribution in [2.24, 2.45) is 11.8 Å². The number of hydrogen-bond acceptors (Lipinski definition) is 3. The number of aliphatic carboxylic acids is 1. The van der Waals surface area contributed by atoms with Crippen LogP contribution in [-0.2, 0) is 14.4 Å². The van der Waals surface area contributed by atoms with Crippen LogP contribution in [0.5, 0.6) is 0 Å². The summed E-state index contributed by atoms with van der Waals surface area (Å²) in [7, 11) is 0. The third kappa shape index (κ3) is 1.42. The van der Waals surface area contributed by atoms with E-state index in [1.165, 1.54) is 0 Å². The number of hydrogen-bond donors (Lipinski definition) is 1. The van der Waals surface area contributed by atoms with E-state index in [0.29, 0.717) is 6.42 Å². The molecule has 1 N–H and O–H groups in total. The third-order valence-corrected chi connectivity index (χ3v) is 3.05. The molecule has 5 nitrogen and oxygen atoms in total. The highest BCUT2D eigenvalue weighted by molar-refractivity contribution is 6.09. The average molecular weight is 211 g/mol. The average Bonchev–Trinajstić information content (AvgIpc) is 2.73. The highest BCUT2D eigenvalue weighted by atomic mass is 16.4. The van der Waals surface area contributed by atoms with E-state index in [2.05, 4.69) is 0 Å². The summed E-state index contributed by atoms with van der Waals surface area (Å²) < 4.78 is 0. The van der Waals surface area contributed by atoms with E-state index >= 15 is 0 Å². The standard InChI is InChI=1S/C10H13NO4/c1-10(2,4-7(12)13)11-8(14)5-3-6(5)9(11)15/h5-6H,3-4H2,1-2H3,(H,12,13). The Labute approximate surface area is 87.1 Å². The second-order valence-electron chi connectivity index (χ2n) is 4.84. The Kier molecular flexibility index (Phi) is 1.90. The minimum absolute atomic E-state index is 0.162. The first-order chi connectivity index (χ1) is 6.84. The molecule has 2 aliphatic rings. The quantitative estimate of drug-likeness (QED) is 0.679. The topological polar surface area (TPSA) is 74.7 Å². The molecule has 0 aromatic carbocycles. The molecule has 1 aliphatic carbocycles. The Hall–Kier alpha value is -1.39. The van der Waals surface area contributed by atoms with Crippen LogP contribution in [0.3, 0.4) is 0 Å². The number of carbonyl (C=O) groups is 3. The highest BCUT2D eigenvalue weighted by Crippen LogP contribution is 2.49. The molecule has 82 valence electrons. The Morgan fingerprint density at radius 1 is 1.40 bits per heavy atom. The van der Waals surface area contributed by atoms with Gasteiger partial charge in [0.2, 0.25) is 11.8 Å². The number of piperidine rings is 1. The van der Waals surface area contributed by atoms with Gasteiger partial charge in [-0.15, -0.1) is 0 Å². The van der Waals surface area contributed by atoms with Crippen LogP contribution < -0.4 is 0 Å². The molecule has 2 atom stereocenters. The molecule has 0 spiro atoms. The lowest BCUT2D eigenvalue weighted by molar-refractivity contribution is -0.150. The SMILES string of the molecule is CC(C)(CC(=O)O)N1C(=O)C2CC2C1=O. The van der Waals surface area contributed by atoms with E-state index in [1.807, 2.05) is 0 Å². The van der Waals surface area contributed by atoms with Gasteiger partial charge in [0.25, 0.3) is 0 Å². The van der Waals surface area contributed by atoms with Crippen LogP contribution >= 0.6 is 0 Å². The minimum atomic E-state index is -0.999. The van der Waals surface area contributed by atoms with Crippen molar-refractivity contribution < 1.29 is 19.5 Å². The van der Waals surface area contributed by atoms with E-state index < -0.39 is 11.5 Å². The lowest BCUT2D eigenvalue weighted by atomic mass is 9.98. The highest BCUT2D eigenvalue weighted by Gasteiger charge is 2.61. The van der Waals surface area contributed by atoms with Gasteiger partial charge in [0.15, 0.2) is 0 Å². The zero-order chi connectivity index (χ0) is 11.4. The number of rotatable bonds is 3. The summed E-state index contributed by atoms with van der Waals surface area (Å²) in [6.45, 7) is 3.23. The molecule has 2 fully saturated rings. The van der Waals surface area contributed by atoms with Crippen LogP contribution in [0.15, 0.2) is 0 Å². The van der Waals surface area contributed by atoms with Gasteiger partial charge in [-0.05, 0) is 20.3 Å². The summed E-state index contributed by atoms with van der Waals surface area (Å²) in [5, 5.41) is 8.71. The first-order valence-electron chi connectivity index (χ1n) is 4.94. The molecule has 2 unspecified atom stereocenters. The zero-order valence-electron chi connectivity index (χ0n) is 8.69. The van der Waals surface area contributed by atoms with Crippen molar-refractivity contribution in [3.63, 3.8) is 0 Å². The molecule has 2 amide bonds. The number of fused-ring (bicyclic) bond motifs is 1. The van der Waals surface area contributed by atoms with Gasteiger partial charge >= 0.3 is 5.97 Å². The number of amides is 2. The lowest BCUT2D eigenvalue weighted by Crippen LogP contribution is -2.50. The van der Waals surface area contributed by atoms with Crippen molar-refractivity contribution in [3.8, 4) is 0 Å². The third-order valence-electron chi connectivity index (χ3n) is 3.05. The fraction of sp³-hybridized carbons (Fsp3) is 0.700. The predicted octanol–water partition coefficient (Wildman–Crippen LogP) is 0.245. The van der Waals surface area contributed by atoms with E-state index in [4.69, 9.17) is 5.11 Å². The minimum Gasteiger partial charge on any atom is -0.481 e. The number of nitrogens with zero attached hydrogens (tertiary/aromatic N) is 1. The Balaban J connectivity index is 2.20. The summed E-state index contributed by atoms with van der Waals surface area (Å²) in [5.74, 6) is -1.72. The molecule has 1 heterocycles. The fourth-order valence-corrected chi connectivity index (χ4v) is 2.23. The van der Waals surface area contributed by atoms with Crippen LogP contribution in [-0.4, -0.2) is 33.3 Å². The number of carboxylic acids is 1. The summed E-state index contributed by atoms with van der Waals surface area (Å²) in [5.41, 5.74) is -0.909. The summed E-state index contributed by atoms with van der Waals surface area (Å²) >= 11 is 0. The molecule has 0 bridgehead atoms. The number of likely N-dealkylation sites (tertiary alicyclic amines) is 1. The molecule has 0 aromatic heterocycles. The Morgan fingerprint density at radius 3 is 2.27 bits per heavy atom. The van der Waals surface area contributed by atoms with Gasteiger partial charge in [0.05, 0.1) is 23.8 Å². The van der Waals surface area contributed by atoms with Gasteiger partial charge in [-0.25, -0.2) is 0 Å². The normalized spacial score (nSPS) is 29.3. The van der Waals surface area contributed by atoms with Gasteiger partial charge < -0.3 is 5.11 Å². The second kappa shape index (κ2) is 2.81. The number of imide groups is 1. The van der Waals surface area contributed by atoms with Gasteiger partial charge in [0.1, 0.15) is 0 Å². The predicted molar refractivity (Wildman–Crippen MR) is 49.8 cm³/mol. The molecule has 0 aromatic rings. The van der Waals surface area contributed by atoms with Crippen molar-refractivity contribution in [3.05, 3.63) is 0 Å². The molecule has 1 saturated heterocycles. The van der Waals surface area contributed by atoms with Crippen LogP contribution in [0.25, 0.3) is 0 Å². The first kappa shape index (κ1) is 10.1. The van der Waals surface area contributed by atoms with Gasteiger partial charge in [0, 0.05) is 0 Å². The lowest BCUT2D eigenvalue weighted by Gasteiger charge is -2.33. The van der Waals surface area contributed by atoms with E-state index in [0.717, 1.165) is 4.90 Å². The van der Waals surface area contributed by atoms with Crippen molar-refractivity contribution in [2.75, 3.05) is 0 Å². The van der Waals surface area contributed by atoms with Crippen LogP contribution in [0.1, 0.15) is 26.7 Å².